The Balaban J connectivity index is 2.46. The fraction of sp³-hybridized carbons (Fsp3) is 0.769. The zero-order valence-electron chi connectivity index (χ0n) is 11.0. The lowest BCUT2D eigenvalue weighted by atomic mass is 10.1. The van der Waals surface area contributed by atoms with Crippen molar-refractivity contribution in [2.24, 2.45) is 0 Å². The zero-order chi connectivity index (χ0) is 12.0. The third kappa shape index (κ3) is 3.87. The van der Waals surface area contributed by atoms with E-state index in [2.05, 4.69) is 38.0 Å². The van der Waals surface area contributed by atoms with Gasteiger partial charge in [0.05, 0.1) is 10.7 Å². The summed E-state index contributed by atoms with van der Waals surface area (Å²) in [5.74, 6) is 0.610. The van der Waals surface area contributed by atoms with Crippen LogP contribution in [0.5, 0.6) is 0 Å². The molecule has 0 spiro atoms. The maximum atomic E-state index is 4.71. The monoisotopic (exact) mass is 240 g/mol. The van der Waals surface area contributed by atoms with Gasteiger partial charge in [-0.05, 0) is 25.4 Å². The topological polar surface area (TPSA) is 16.1 Å². The maximum absolute atomic E-state index is 4.71. The van der Waals surface area contributed by atoms with Gasteiger partial charge >= 0.3 is 0 Å². The number of aromatic nitrogens is 1. The summed E-state index contributed by atoms with van der Waals surface area (Å²) in [5.41, 5.74) is 1.28. The van der Waals surface area contributed by atoms with Crippen LogP contribution in [-0.4, -0.2) is 29.5 Å². The van der Waals surface area contributed by atoms with Crippen molar-refractivity contribution in [2.75, 3.05) is 19.6 Å². The highest BCUT2D eigenvalue weighted by molar-refractivity contribution is 7.09. The Labute approximate surface area is 104 Å². The largest absolute Gasteiger partial charge is 0.303 e. The molecule has 1 unspecified atom stereocenters. The molecule has 3 heteroatoms. The summed E-state index contributed by atoms with van der Waals surface area (Å²) in [5, 5.41) is 3.52. The Hall–Kier alpha value is -0.410. The van der Waals surface area contributed by atoms with Crippen molar-refractivity contribution < 1.29 is 0 Å². The second-order valence-corrected chi connectivity index (χ2v) is 5.19. The summed E-state index contributed by atoms with van der Waals surface area (Å²) in [6.45, 7) is 12.3. The molecule has 0 bridgehead atoms. The number of rotatable bonds is 7. The molecule has 0 aromatic carbocycles. The standard InChI is InChI=1S/C13H24N2S/c1-5-11(4)12-10-16-13(14-12)8-9-15(6-2)7-3/h10-11H,5-9H2,1-4H3. The summed E-state index contributed by atoms with van der Waals surface area (Å²) in [6.07, 6.45) is 2.28. The van der Waals surface area contributed by atoms with Crippen LogP contribution in [-0.2, 0) is 6.42 Å². The van der Waals surface area contributed by atoms with E-state index in [-0.39, 0.29) is 0 Å². The van der Waals surface area contributed by atoms with E-state index in [1.165, 1.54) is 17.1 Å². The highest BCUT2D eigenvalue weighted by Crippen LogP contribution is 2.21. The van der Waals surface area contributed by atoms with Crippen molar-refractivity contribution in [2.45, 2.75) is 46.5 Å². The van der Waals surface area contributed by atoms with Gasteiger partial charge in [-0.25, -0.2) is 4.98 Å². The molecule has 2 nitrogen and oxygen atoms in total. The first-order valence-electron chi connectivity index (χ1n) is 6.37. The molecule has 0 saturated carbocycles. The van der Waals surface area contributed by atoms with E-state index >= 15 is 0 Å². The van der Waals surface area contributed by atoms with Crippen molar-refractivity contribution in [3.05, 3.63) is 16.1 Å². The SMILES string of the molecule is CCC(C)c1csc(CCN(CC)CC)n1. The minimum atomic E-state index is 0.610. The van der Waals surface area contributed by atoms with Crippen LogP contribution < -0.4 is 0 Å². The van der Waals surface area contributed by atoms with Gasteiger partial charge < -0.3 is 4.90 Å². The van der Waals surface area contributed by atoms with E-state index in [4.69, 9.17) is 4.98 Å². The first-order valence-corrected chi connectivity index (χ1v) is 7.25. The number of hydrogen-bond donors (Lipinski definition) is 0. The van der Waals surface area contributed by atoms with Crippen LogP contribution in [0, 0.1) is 0 Å². The van der Waals surface area contributed by atoms with E-state index in [0.717, 1.165) is 26.1 Å². The van der Waals surface area contributed by atoms with Crippen molar-refractivity contribution in [3.63, 3.8) is 0 Å². The molecule has 16 heavy (non-hydrogen) atoms. The molecule has 0 radical (unpaired) electrons. The number of hydrogen-bond acceptors (Lipinski definition) is 3. The molecule has 0 saturated heterocycles. The Morgan fingerprint density at radius 3 is 2.56 bits per heavy atom. The summed E-state index contributed by atoms with van der Waals surface area (Å²) in [7, 11) is 0. The predicted octanol–water partition coefficient (Wildman–Crippen LogP) is 3.54. The van der Waals surface area contributed by atoms with Gasteiger partial charge in [-0.3, -0.25) is 0 Å². The Morgan fingerprint density at radius 1 is 1.31 bits per heavy atom. The van der Waals surface area contributed by atoms with Crippen LogP contribution in [0.15, 0.2) is 5.38 Å². The van der Waals surface area contributed by atoms with E-state index in [0.29, 0.717) is 5.92 Å². The Morgan fingerprint density at radius 2 is 2.00 bits per heavy atom. The Kier molecular flexibility index (Phi) is 5.99. The average Bonchev–Trinajstić information content (AvgIpc) is 2.78. The average molecular weight is 240 g/mol. The molecule has 1 heterocycles. The fourth-order valence-electron chi connectivity index (χ4n) is 1.67. The Bertz CT molecular complexity index is 292. The van der Waals surface area contributed by atoms with Crippen molar-refractivity contribution >= 4 is 11.3 Å². The second-order valence-electron chi connectivity index (χ2n) is 4.25. The number of likely N-dealkylation sites (N-methyl/N-ethyl adjacent to an activating group) is 1. The molecule has 1 aromatic heterocycles. The lowest BCUT2D eigenvalue weighted by Gasteiger charge is -2.16. The summed E-state index contributed by atoms with van der Waals surface area (Å²) < 4.78 is 0. The highest BCUT2D eigenvalue weighted by Gasteiger charge is 2.08. The third-order valence-corrected chi connectivity index (χ3v) is 4.15. The number of thiazole rings is 1. The first kappa shape index (κ1) is 13.7. The van der Waals surface area contributed by atoms with E-state index in [1.807, 2.05) is 11.3 Å². The predicted molar refractivity (Wildman–Crippen MR) is 72.3 cm³/mol. The third-order valence-electron chi connectivity index (χ3n) is 3.22. The summed E-state index contributed by atoms with van der Waals surface area (Å²) in [6, 6.07) is 0. The van der Waals surface area contributed by atoms with Crippen LogP contribution >= 0.6 is 11.3 Å². The van der Waals surface area contributed by atoms with Crippen LogP contribution in [0.1, 0.15) is 50.7 Å². The van der Waals surface area contributed by atoms with Gasteiger partial charge in [-0.15, -0.1) is 11.3 Å². The van der Waals surface area contributed by atoms with Crippen LogP contribution in [0.4, 0.5) is 0 Å². The molecule has 0 amide bonds. The lowest BCUT2D eigenvalue weighted by molar-refractivity contribution is 0.308. The van der Waals surface area contributed by atoms with Crippen molar-refractivity contribution in [3.8, 4) is 0 Å². The van der Waals surface area contributed by atoms with Gasteiger partial charge in [-0.1, -0.05) is 27.7 Å². The molecule has 0 N–H and O–H groups in total. The molecular formula is C13H24N2S. The maximum Gasteiger partial charge on any atom is 0.0941 e. The highest BCUT2D eigenvalue weighted by atomic mass is 32.1. The van der Waals surface area contributed by atoms with E-state index in [1.54, 1.807) is 0 Å². The quantitative estimate of drug-likeness (QED) is 0.724. The first-order chi connectivity index (χ1) is 7.71. The molecular weight excluding hydrogens is 216 g/mol. The molecule has 0 aliphatic rings. The molecule has 1 aromatic rings. The van der Waals surface area contributed by atoms with Gasteiger partial charge in [0.15, 0.2) is 0 Å². The minimum absolute atomic E-state index is 0.610. The normalized spacial score (nSPS) is 13.3. The fourth-order valence-corrected chi connectivity index (χ4v) is 2.58. The molecule has 1 rings (SSSR count). The van der Waals surface area contributed by atoms with Crippen molar-refractivity contribution in [1.82, 2.24) is 9.88 Å². The smallest absolute Gasteiger partial charge is 0.0941 e. The summed E-state index contributed by atoms with van der Waals surface area (Å²) in [4.78, 5) is 7.16. The van der Waals surface area contributed by atoms with Gasteiger partial charge in [-0.2, -0.15) is 0 Å². The van der Waals surface area contributed by atoms with Gasteiger partial charge in [0.2, 0.25) is 0 Å². The van der Waals surface area contributed by atoms with Crippen LogP contribution in [0.2, 0.25) is 0 Å². The molecule has 0 fully saturated rings. The zero-order valence-corrected chi connectivity index (χ0v) is 11.8. The van der Waals surface area contributed by atoms with Gasteiger partial charge in [0.1, 0.15) is 0 Å². The van der Waals surface area contributed by atoms with Gasteiger partial charge in [0, 0.05) is 18.3 Å². The number of nitrogens with zero attached hydrogens (tertiary/aromatic N) is 2. The molecule has 92 valence electrons. The second kappa shape index (κ2) is 7.02. The minimum Gasteiger partial charge on any atom is -0.303 e. The van der Waals surface area contributed by atoms with Crippen LogP contribution in [0.3, 0.4) is 0 Å². The lowest BCUT2D eigenvalue weighted by Crippen LogP contribution is -2.25. The molecule has 0 aliphatic carbocycles. The summed E-state index contributed by atoms with van der Waals surface area (Å²) >= 11 is 1.82. The van der Waals surface area contributed by atoms with Crippen molar-refractivity contribution in [1.29, 1.82) is 0 Å². The molecule has 0 aliphatic heterocycles. The van der Waals surface area contributed by atoms with Gasteiger partial charge in [0.25, 0.3) is 0 Å². The van der Waals surface area contributed by atoms with Crippen LogP contribution in [0.25, 0.3) is 0 Å². The van der Waals surface area contributed by atoms with E-state index < -0.39 is 0 Å². The van der Waals surface area contributed by atoms with E-state index in [9.17, 15) is 0 Å². The molecule has 1 atom stereocenters.